The first-order valence-electron chi connectivity index (χ1n) is 4.87. The third kappa shape index (κ3) is 2.54. The summed E-state index contributed by atoms with van der Waals surface area (Å²) < 4.78 is 0. The van der Waals surface area contributed by atoms with Crippen LogP contribution in [0.4, 0.5) is 0 Å². The fraction of sp³-hybridized carbons (Fsp3) is 0.455. The minimum atomic E-state index is 0.882. The van der Waals surface area contributed by atoms with Gasteiger partial charge in [0.1, 0.15) is 0 Å². The van der Waals surface area contributed by atoms with Crippen molar-refractivity contribution in [2.75, 3.05) is 13.2 Å². The Balaban J connectivity index is 1.90. The van der Waals surface area contributed by atoms with Gasteiger partial charge in [-0.2, -0.15) is 5.06 Å². The Morgan fingerprint density at radius 3 is 2.69 bits per heavy atom. The summed E-state index contributed by atoms with van der Waals surface area (Å²) in [5, 5.41) is 2.05. The Kier molecular flexibility index (Phi) is 2.95. The maximum absolute atomic E-state index is 5.52. The average molecular weight is 177 g/mol. The van der Waals surface area contributed by atoms with E-state index in [-0.39, 0.29) is 0 Å². The van der Waals surface area contributed by atoms with Crippen LogP contribution in [0.1, 0.15) is 18.4 Å². The second-order valence-corrected chi connectivity index (χ2v) is 3.39. The third-order valence-corrected chi connectivity index (χ3v) is 2.28. The van der Waals surface area contributed by atoms with Crippen LogP contribution < -0.4 is 0 Å². The minimum Gasteiger partial charge on any atom is -0.299 e. The Bertz CT molecular complexity index is 242. The van der Waals surface area contributed by atoms with Crippen LogP contribution in [0.2, 0.25) is 0 Å². The SMILES string of the molecule is c1ccc(CN2CCCCO2)cc1. The molecule has 1 aromatic rings. The van der Waals surface area contributed by atoms with Crippen molar-refractivity contribution in [1.29, 1.82) is 0 Å². The molecule has 13 heavy (non-hydrogen) atoms. The first kappa shape index (κ1) is 8.73. The van der Waals surface area contributed by atoms with Crippen LogP contribution in [-0.4, -0.2) is 18.2 Å². The molecule has 0 unspecified atom stereocenters. The monoisotopic (exact) mass is 177 g/mol. The number of hydrogen-bond acceptors (Lipinski definition) is 2. The maximum Gasteiger partial charge on any atom is 0.0685 e. The van der Waals surface area contributed by atoms with Gasteiger partial charge in [0, 0.05) is 13.1 Å². The molecule has 0 aromatic heterocycles. The molecule has 0 aliphatic carbocycles. The highest BCUT2D eigenvalue weighted by atomic mass is 16.7. The van der Waals surface area contributed by atoms with Gasteiger partial charge in [0.05, 0.1) is 6.61 Å². The van der Waals surface area contributed by atoms with E-state index >= 15 is 0 Å². The minimum absolute atomic E-state index is 0.882. The topological polar surface area (TPSA) is 12.5 Å². The van der Waals surface area contributed by atoms with E-state index in [1.54, 1.807) is 0 Å². The van der Waals surface area contributed by atoms with Gasteiger partial charge in [-0.3, -0.25) is 4.84 Å². The highest BCUT2D eigenvalue weighted by Gasteiger charge is 2.10. The molecule has 2 rings (SSSR count). The van der Waals surface area contributed by atoms with Gasteiger partial charge in [0.2, 0.25) is 0 Å². The van der Waals surface area contributed by atoms with Gasteiger partial charge in [-0.05, 0) is 18.4 Å². The van der Waals surface area contributed by atoms with E-state index in [4.69, 9.17) is 4.84 Å². The molecular formula is C11H15NO. The van der Waals surface area contributed by atoms with Crippen LogP contribution in [0.3, 0.4) is 0 Å². The van der Waals surface area contributed by atoms with Crippen LogP contribution in [0.25, 0.3) is 0 Å². The predicted octanol–water partition coefficient (Wildman–Crippen LogP) is 2.21. The van der Waals surface area contributed by atoms with Crippen LogP contribution >= 0.6 is 0 Å². The van der Waals surface area contributed by atoms with Crippen LogP contribution in [0.15, 0.2) is 30.3 Å². The zero-order valence-electron chi connectivity index (χ0n) is 7.78. The smallest absolute Gasteiger partial charge is 0.0685 e. The molecule has 2 nitrogen and oxygen atoms in total. The summed E-state index contributed by atoms with van der Waals surface area (Å²) in [5.41, 5.74) is 1.32. The molecule has 1 aromatic carbocycles. The van der Waals surface area contributed by atoms with E-state index in [0.717, 1.165) is 19.7 Å². The fourth-order valence-electron chi connectivity index (χ4n) is 1.56. The first-order valence-corrected chi connectivity index (χ1v) is 4.87. The largest absolute Gasteiger partial charge is 0.299 e. The molecule has 0 saturated carbocycles. The molecule has 1 saturated heterocycles. The molecule has 0 amide bonds. The predicted molar refractivity (Wildman–Crippen MR) is 52.0 cm³/mol. The number of benzene rings is 1. The molecule has 0 radical (unpaired) electrons. The summed E-state index contributed by atoms with van der Waals surface area (Å²) in [5.74, 6) is 0. The van der Waals surface area contributed by atoms with E-state index in [9.17, 15) is 0 Å². The lowest BCUT2D eigenvalue weighted by molar-refractivity contribution is -0.187. The number of rotatable bonds is 2. The van der Waals surface area contributed by atoms with Gasteiger partial charge in [0.15, 0.2) is 0 Å². The molecule has 0 bridgehead atoms. The van der Waals surface area contributed by atoms with Crippen molar-refractivity contribution >= 4 is 0 Å². The van der Waals surface area contributed by atoms with Crippen LogP contribution in [0.5, 0.6) is 0 Å². The highest BCUT2D eigenvalue weighted by Crippen LogP contribution is 2.10. The second-order valence-electron chi connectivity index (χ2n) is 3.39. The van der Waals surface area contributed by atoms with E-state index in [0.29, 0.717) is 0 Å². The van der Waals surface area contributed by atoms with Crippen molar-refractivity contribution in [3.05, 3.63) is 35.9 Å². The molecule has 0 N–H and O–H groups in total. The van der Waals surface area contributed by atoms with Crippen LogP contribution in [0, 0.1) is 0 Å². The van der Waals surface area contributed by atoms with Gasteiger partial charge < -0.3 is 0 Å². The Hall–Kier alpha value is -0.860. The van der Waals surface area contributed by atoms with Gasteiger partial charge in [-0.25, -0.2) is 0 Å². The number of hydroxylamine groups is 2. The zero-order chi connectivity index (χ0) is 8.93. The molecule has 0 spiro atoms. The van der Waals surface area contributed by atoms with Crippen molar-refractivity contribution in [1.82, 2.24) is 5.06 Å². The van der Waals surface area contributed by atoms with Crippen molar-refractivity contribution in [3.63, 3.8) is 0 Å². The lowest BCUT2D eigenvalue weighted by Gasteiger charge is -2.25. The van der Waals surface area contributed by atoms with Crippen molar-refractivity contribution in [2.24, 2.45) is 0 Å². The van der Waals surface area contributed by atoms with Crippen molar-refractivity contribution < 1.29 is 4.84 Å². The number of hydrogen-bond donors (Lipinski definition) is 0. The van der Waals surface area contributed by atoms with Gasteiger partial charge >= 0.3 is 0 Å². The first-order chi connectivity index (χ1) is 6.45. The molecule has 1 aliphatic heterocycles. The summed E-state index contributed by atoms with van der Waals surface area (Å²) in [4.78, 5) is 5.52. The Labute approximate surface area is 79.1 Å². The normalized spacial score (nSPS) is 18.8. The van der Waals surface area contributed by atoms with E-state index in [1.165, 1.54) is 18.4 Å². The summed E-state index contributed by atoms with van der Waals surface area (Å²) in [7, 11) is 0. The van der Waals surface area contributed by atoms with Gasteiger partial charge in [0.25, 0.3) is 0 Å². The summed E-state index contributed by atoms with van der Waals surface area (Å²) in [6, 6.07) is 10.5. The number of nitrogens with zero attached hydrogens (tertiary/aromatic N) is 1. The van der Waals surface area contributed by atoms with Gasteiger partial charge in [-0.1, -0.05) is 30.3 Å². The lowest BCUT2D eigenvalue weighted by Crippen LogP contribution is -2.29. The van der Waals surface area contributed by atoms with Gasteiger partial charge in [-0.15, -0.1) is 0 Å². The van der Waals surface area contributed by atoms with Crippen LogP contribution in [-0.2, 0) is 11.4 Å². The fourth-order valence-corrected chi connectivity index (χ4v) is 1.56. The molecule has 0 atom stereocenters. The quantitative estimate of drug-likeness (QED) is 0.686. The van der Waals surface area contributed by atoms with E-state index in [2.05, 4.69) is 29.3 Å². The second kappa shape index (κ2) is 4.40. The van der Waals surface area contributed by atoms with E-state index in [1.807, 2.05) is 6.07 Å². The Morgan fingerprint density at radius 1 is 1.15 bits per heavy atom. The Morgan fingerprint density at radius 2 is 2.00 bits per heavy atom. The third-order valence-electron chi connectivity index (χ3n) is 2.28. The summed E-state index contributed by atoms with van der Waals surface area (Å²) in [6.45, 7) is 2.86. The van der Waals surface area contributed by atoms with E-state index < -0.39 is 0 Å². The lowest BCUT2D eigenvalue weighted by atomic mass is 10.2. The van der Waals surface area contributed by atoms with Crippen molar-refractivity contribution in [2.45, 2.75) is 19.4 Å². The average Bonchev–Trinajstić information content (AvgIpc) is 2.21. The molecule has 1 aliphatic rings. The molecule has 70 valence electrons. The zero-order valence-corrected chi connectivity index (χ0v) is 7.78. The summed E-state index contributed by atoms with van der Waals surface area (Å²) in [6.07, 6.45) is 2.46. The highest BCUT2D eigenvalue weighted by molar-refractivity contribution is 5.14. The molecule has 1 fully saturated rings. The molecular weight excluding hydrogens is 162 g/mol. The summed E-state index contributed by atoms with van der Waals surface area (Å²) >= 11 is 0. The molecule has 2 heteroatoms. The van der Waals surface area contributed by atoms with Crippen molar-refractivity contribution in [3.8, 4) is 0 Å². The standard InChI is InChI=1S/C11H15NO/c1-2-6-11(7-3-1)10-12-8-4-5-9-13-12/h1-3,6-7H,4-5,8-10H2. The maximum atomic E-state index is 5.52. The molecule has 1 heterocycles.